The molecule has 26 heavy (non-hydrogen) atoms. The largest absolute Gasteiger partial charge is 0.336 e. The molecule has 0 N–H and O–H groups in total. The van der Waals surface area contributed by atoms with Crippen LogP contribution in [0.15, 0.2) is 77.7 Å². The monoisotopic (exact) mass is 484 g/mol. The van der Waals surface area contributed by atoms with Crippen molar-refractivity contribution in [3.8, 4) is 0 Å². The average Bonchev–Trinajstić information content (AvgIpc) is 2.62. The molecule has 0 unspecified atom stereocenters. The number of rotatable bonds is 5. The molecule has 3 aromatic carbocycles. The van der Waals surface area contributed by atoms with E-state index in [0.717, 1.165) is 30.4 Å². The van der Waals surface area contributed by atoms with Crippen molar-refractivity contribution in [1.82, 2.24) is 0 Å². The van der Waals surface area contributed by atoms with Crippen molar-refractivity contribution >= 4 is 10.1 Å². The van der Waals surface area contributed by atoms with Gasteiger partial charge in [-0.3, -0.25) is 0 Å². The molecule has 0 heterocycles. The van der Waals surface area contributed by atoms with E-state index < -0.39 is 36.2 Å². The summed E-state index contributed by atoms with van der Waals surface area (Å²) in [4.78, 5) is -0.0413. The molecule has 0 aromatic heterocycles. The lowest BCUT2D eigenvalue weighted by Gasteiger charge is -2.07. The average molecular weight is 484 g/mol. The Hall–Kier alpha value is -1.77. The van der Waals surface area contributed by atoms with Gasteiger partial charge in [0, 0.05) is 0 Å². The summed E-state index contributed by atoms with van der Waals surface area (Å²) in [6, 6.07) is 20.1. The summed E-state index contributed by atoms with van der Waals surface area (Å²) in [7, 11) is -3.99. The normalized spacial score (nSPS) is 11.7. The molecular formula is C20H18FIO3S+. The molecule has 0 bridgehead atoms. The van der Waals surface area contributed by atoms with Crippen LogP contribution in [0.1, 0.15) is 11.1 Å². The standard InChI is InChI=1S/C20H18FIO3S/c1-15-3-9-18(10-4-15)22(19-11-5-16(2)6-12-19)25-26(23,24)20-13-7-17(21)8-14-20/h3-14H,1-2H3/q+1. The Kier molecular flexibility index (Phi) is 5.74. The second kappa shape index (κ2) is 7.85. The molecule has 135 valence electrons. The lowest BCUT2D eigenvalue weighted by Crippen LogP contribution is -3.85. The summed E-state index contributed by atoms with van der Waals surface area (Å²) < 4.78 is 46.1. The molecule has 0 aliphatic rings. The van der Waals surface area contributed by atoms with Crippen LogP contribution < -0.4 is 20.2 Å². The highest BCUT2D eigenvalue weighted by Crippen LogP contribution is 2.10. The van der Waals surface area contributed by atoms with Crippen LogP contribution in [0, 0.1) is 26.8 Å². The van der Waals surface area contributed by atoms with Crippen molar-refractivity contribution in [2.45, 2.75) is 18.7 Å². The second-order valence-corrected chi connectivity index (χ2v) is 12.3. The maximum atomic E-state index is 13.1. The summed E-state index contributed by atoms with van der Waals surface area (Å²) >= 11 is -2.70. The van der Waals surface area contributed by atoms with Crippen LogP contribution in [-0.2, 0) is 12.6 Å². The van der Waals surface area contributed by atoms with Crippen molar-refractivity contribution in [1.29, 1.82) is 0 Å². The molecule has 3 aromatic rings. The zero-order valence-corrected chi connectivity index (χ0v) is 17.3. The van der Waals surface area contributed by atoms with Gasteiger partial charge in [-0.25, -0.2) is 4.39 Å². The summed E-state index contributed by atoms with van der Waals surface area (Å²) in [5, 5.41) is 0. The molecule has 0 fully saturated rings. The van der Waals surface area contributed by atoms with Gasteiger partial charge in [0.1, 0.15) is 5.82 Å². The van der Waals surface area contributed by atoms with Crippen LogP contribution in [0.2, 0.25) is 0 Å². The zero-order chi connectivity index (χ0) is 18.7. The maximum absolute atomic E-state index is 13.1. The molecule has 0 aliphatic heterocycles. The van der Waals surface area contributed by atoms with Gasteiger partial charge >= 0.3 is 30.4 Å². The first-order chi connectivity index (χ1) is 12.3. The zero-order valence-electron chi connectivity index (χ0n) is 14.3. The van der Waals surface area contributed by atoms with Gasteiger partial charge in [0.25, 0.3) is 0 Å². The number of aryl methyl sites for hydroxylation is 2. The lowest BCUT2D eigenvalue weighted by molar-refractivity contribution is -1.03. The Balaban J connectivity index is 2.01. The molecular weight excluding hydrogens is 466 g/mol. The fourth-order valence-corrected chi connectivity index (χ4v) is 9.10. The molecule has 0 saturated carbocycles. The van der Waals surface area contributed by atoms with Crippen molar-refractivity contribution < 1.29 is 35.6 Å². The Morgan fingerprint density at radius 3 is 1.58 bits per heavy atom. The Labute approximate surface area is 160 Å². The number of halogens is 2. The van der Waals surface area contributed by atoms with Crippen molar-refractivity contribution in [3.63, 3.8) is 0 Å². The van der Waals surface area contributed by atoms with E-state index in [1.54, 1.807) is 0 Å². The molecule has 0 spiro atoms. The molecule has 0 atom stereocenters. The third-order valence-corrected chi connectivity index (χ3v) is 11.0. The van der Waals surface area contributed by atoms with Gasteiger partial charge in [-0.05, 0) is 64.9 Å². The highest BCUT2D eigenvalue weighted by molar-refractivity contribution is 7.86. The van der Waals surface area contributed by atoms with Gasteiger partial charge in [0.05, 0.1) is 4.90 Å². The van der Waals surface area contributed by atoms with E-state index in [1.165, 1.54) is 12.1 Å². The Morgan fingerprint density at radius 2 is 1.15 bits per heavy atom. The van der Waals surface area contributed by atoms with Crippen LogP contribution in [0.5, 0.6) is 0 Å². The highest BCUT2D eigenvalue weighted by Gasteiger charge is 2.37. The highest BCUT2D eigenvalue weighted by atomic mass is 127. The predicted octanol–water partition coefficient (Wildman–Crippen LogP) is 1.43. The van der Waals surface area contributed by atoms with E-state index in [4.69, 9.17) is 2.51 Å². The minimum atomic E-state index is -3.99. The summed E-state index contributed by atoms with van der Waals surface area (Å²) in [6.07, 6.45) is 0. The van der Waals surface area contributed by atoms with Crippen molar-refractivity contribution in [2.24, 2.45) is 0 Å². The predicted molar refractivity (Wildman–Crippen MR) is 94.4 cm³/mol. The van der Waals surface area contributed by atoms with Crippen LogP contribution in [-0.4, -0.2) is 8.42 Å². The minimum absolute atomic E-state index is 0.0413. The first-order valence-corrected chi connectivity index (χ1v) is 12.3. The summed E-state index contributed by atoms with van der Waals surface area (Å²) in [5.74, 6) is -0.489. The Morgan fingerprint density at radius 1 is 0.731 bits per heavy atom. The van der Waals surface area contributed by atoms with Gasteiger partial charge in [-0.2, -0.15) is 8.42 Å². The number of benzene rings is 3. The minimum Gasteiger partial charge on any atom is -0.207 e. The smallest absolute Gasteiger partial charge is 0.207 e. The fourth-order valence-electron chi connectivity index (χ4n) is 2.21. The van der Waals surface area contributed by atoms with E-state index in [1.807, 2.05) is 62.4 Å². The van der Waals surface area contributed by atoms with E-state index in [-0.39, 0.29) is 4.90 Å². The van der Waals surface area contributed by atoms with Crippen molar-refractivity contribution in [2.75, 3.05) is 0 Å². The van der Waals surface area contributed by atoms with Crippen LogP contribution in [0.25, 0.3) is 0 Å². The first kappa shape index (κ1) is 19.0. The van der Waals surface area contributed by atoms with Gasteiger partial charge in [0.15, 0.2) is 7.14 Å². The summed E-state index contributed by atoms with van der Waals surface area (Å²) in [5.41, 5.74) is 2.18. The van der Waals surface area contributed by atoms with Gasteiger partial charge in [-0.1, -0.05) is 35.4 Å². The number of hydrogen-bond acceptors (Lipinski definition) is 3. The van der Waals surface area contributed by atoms with E-state index in [0.29, 0.717) is 0 Å². The SMILES string of the molecule is Cc1ccc([I+](OS(=O)(=O)c2ccc(F)cc2)c2ccc(C)cc2)cc1. The summed E-state index contributed by atoms with van der Waals surface area (Å²) in [6.45, 7) is 3.95. The van der Waals surface area contributed by atoms with Gasteiger partial charge < -0.3 is 0 Å². The second-order valence-electron chi connectivity index (χ2n) is 5.81. The number of hydrogen-bond donors (Lipinski definition) is 0. The third-order valence-electron chi connectivity index (χ3n) is 3.67. The van der Waals surface area contributed by atoms with Crippen molar-refractivity contribution in [3.05, 3.63) is 96.9 Å². The van der Waals surface area contributed by atoms with E-state index in [2.05, 4.69) is 0 Å². The fraction of sp³-hybridized carbons (Fsp3) is 0.100. The molecule has 0 aliphatic carbocycles. The first-order valence-electron chi connectivity index (χ1n) is 7.89. The van der Waals surface area contributed by atoms with Crippen LogP contribution in [0.4, 0.5) is 4.39 Å². The molecule has 0 amide bonds. The van der Waals surface area contributed by atoms with E-state index in [9.17, 15) is 12.8 Å². The van der Waals surface area contributed by atoms with Gasteiger partial charge in [-0.15, -0.1) is 0 Å². The lowest BCUT2D eigenvalue weighted by atomic mass is 10.2. The van der Waals surface area contributed by atoms with Gasteiger partial charge in [0.2, 0.25) is 0 Å². The Bertz CT molecular complexity index is 937. The molecule has 3 rings (SSSR count). The van der Waals surface area contributed by atoms with E-state index >= 15 is 0 Å². The quantitative estimate of drug-likeness (QED) is 0.515. The topological polar surface area (TPSA) is 43.4 Å². The van der Waals surface area contributed by atoms with Crippen LogP contribution in [0.3, 0.4) is 0 Å². The molecule has 3 nitrogen and oxygen atoms in total. The molecule has 1 radical (unpaired) electrons. The third kappa shape index (κ3) is 4.49. The molecule has 0 saturated heterocycles. The van der Waals surface area contributed by atoms with Crippen LogP contribution >= 0.6 is 0 Å². The maximum Gasteiger partial charge on any atom is 0.336 e. The molecule has 6 heteroatoms.